The summed E-state index contributed by atoms with van der Waals surface area (Å²) in [5.74, 6) is -0.483. The standard InChI is InChI=1S/C21H23NO5S/c1-17-4-2-5-18(14-17)8-9-21(23)27-16-19-6-3-7-20(15-19)28(24,25)22-10-12-26-13-11-22/h2-9,14-15H,10-13,16H2,1H3/b9-8+. The van der Waals surface area contributed by atoms with Crippen LogP contribution in [0.4, 0.5) is 0 Å². The van der Waals surface area contributed by atoms with Crippen molar-refractivity contribution in [3.63, 3.8) is 0 Å². The summed E-state index contributed by atoms with van der Waals surface area (Å²) < 4.78 is 37.3. The van der Waals surface area contributed by atoms with Crippen molar-refractivity contribution in [2.75, 3.05) is 26.3 Å². The maximum atomic E-state index is 12.7. The lowest BCUT2D eigenvalue weighted by molar-refractivity contribution is -0.138. The highest BCUT2D eigenvalue weighted by Crippen LogP contribution is 2.19. The van der Waals surface area contributed by atoms with Gasteiger partial charge < -0.3 is 9.47 Å². The first kappa shape index (κ1) is 20.3. The molecule has 0 spiro atoms. The Hall–Kier alpha value is -2.48. The highest BCUT2D eigenvalue weighted by Gasteiger charge is 2.26. The summed E-state index contributed by atoms with van der Waals surface area (Å²) in [6.07, 6.45) is 3.05. The van der Waals surface area contributed by atoms with Crippen LogP contribution >= 0.6 is 0 Å². The second-order valence-corrected chi connectivity index (χ2v) is 8.46. The zero-order valence-electron chi connectivity index (χ0n) is 15.7. The molecule has 0 saturated carbocycles. The van der Waals surface area contributed by atoms with Crippen LogP contribution in [0.3, 0.4) is 0 Å². The number of nitrogens with zero attached hydrogens (tertiary/aromatic N) is 1. The molecule has 0 aromatic heterocycles. The lowest BCUT2D eigenvalue weighted by atomic mass is 10.1. The van der Waals surface area contributed by atoms with Crippen molar-refractivity contribution in [1.82, 2.24) is 4.31 Å². The number of benzene rings is 2. The van der Waals surface area contributed by atoms with E-state index in [0.717, 1.165) is 11.1 Å². The predicted molar refractivity (Wildman–Crippen MR) is 106 cm³/mol. The van der Waals surface area contributed by atoms with Crippen LogP contribution in [-0.4, -0.2) is 45.0 Å². The average Bonchev–Trinajstić information content (AvgIpc) is 2.71. The molecule has 1 fully saturated rings. The number of morpholine rings is 1. The fourth-order valence-electron chi connectivity index (χ4n) is 2.87. The Kier molecular flexibility index (Phi) is 6.61. The van der Waals surface area contributed by atoms with Gasteiger partial charge in [-0.05, 0) is 36.3 Å². The largest absolute Gasteiger partial charge is 0.458 e. The summed E-state index contributed by atoms with van der Waals surface area (Å²) in [4.78, 5) is 12.1. The second kappa shape index (κ2) is 9.14. The van der Waals surface area contributed by atoms with Gasteiger partial charge in [-0.3, -0.25) is 0 Å². The van der Waals surface area contributed by atoms with Crippen molar-refractivity contribution in [3.8, 4) is 0 Å². The number of rotatable bonds is 6. The van der Waals surface area contributed by atoms with Gasteiger partial charge in [0.1, 0.15) is 6.61 Å². The van der Waals surface area contributed by atoms with Crippen molar-refractivity contribution >= 4 is 22.1 Å². The molecule has 28 heavy (non-hydrogen) atoms. The molecule has 0 radical (unpaired) electrons. The predicted octanol–water partition coefficient (Wildman–Crippen LogP) is 2.77. The van der Waals surface area contributed by atoms with Crippen LogP contribution in [0, 0.1) is 6.92 Å². The molecule has 3 rings (SSSR count). The van der Waals surface area contributed by atoms with Crippen molar-refractivity contribution in [2.45, 2.75) is 18.4 Å². The molecule has 1 aliphatic rings. The van der Waals surface area contributed by atoms with Gasteiger partial charge in [-0.25, -0.2) is 13.2 Å². The molecule has 1 heterocycles. The average molecular weight is 401 g/mol. The summed E-state index contributed by atoms with van der Waals surface area (Å²) in [6.45, 7) is 3.45. The third kappa shape index (κ3) is 5.28. The smallest absolute Gasteiger partial charge is 0.331 e. The number of hydrogen-bond donors (Lipinski definition) is 0. The maximum absolute atomic E-state index is 12.7. The van der Waals surface area contributed by atoms with E-state index in [-0.39, 0.29) is 11.5 Å². The fourth-order valence-corrected chi connectivity index (χ4v) is 4.35. The molecule has 0 aliphatic carbocycles. The molecule has 7 heteroatoms. The maximum Gasteiger partial charge on any atom is 0.331 e. The molecular formula is C21H23NO5S. The molecule has 0 atom stereocenters. The minimum Gasteiger partial charge on any atom is -0.458 e. The van der Waals surface area contributed by atoms with E-state index in [9.17, 15) is 13.2 Å². The van der Waals surface area contributed by atoms with Gasteiger partial charge in [-0.2, -0.15) is 4.31 Å². The summed E-state index contributed by atoms with van der Waals surface area (Å²) in [5, 5.41) is 0. The van der Waals surface area contributed by atoms with Crippen LogP contribution < -0.4 is 0 Å². The van der Waals surface area contributed by atoms with Crippen LogP contribution in [0.25, 0.3) is 6.08 Å². The van der Waals surface area contributed by atoms with E-state index in [1.54, 1.807) is 30.3 Å². The monoisotopic (exact) mass is 401 g/mol. The minimum atomic E-state index is -3.57. The van der Waals surface area contributed by atoms with Crippen molar-refractivity contribution < 1.29 is 22.7 Å². The Morgan fingerprint density at radius 2 is 1.89 bits per heavy atom. The van der Waals surface area contributed by atoms with Crippen LogP contribution in [0.15, 0.2) is 59.5 Å². The SMILES string of the molecule is Cc1cccc(/C=C/C(=O)OCc2cccc(S(=O)(=O)N3CCOCC3)c2)c1. The molecule has 6 nitrogen and oxygen atoms in total. The van der Waals surface area contributed by atoms with Gasteiger partial charge in [0.05, 0.1) is 18.1 Å². The molecule has 1 saturated heterocycles. The molecule has 0 bridgehead atoms. The Balaban J connectivity index is 1.62. The molecule has 148 valence electrons. The normalized spacial score (nSPS) is 15.6. The number of carbonyl (C=O) groups excluding carboxylic acids is 1. The number of sulfonamides is 1. The molecular weight excluding hydrogens is 378 g/mol. The first-order chi connectivity index (χ1) is 13.4. The first-order valence-electron chi connectivity index (χ1n) is 9.03. The molecule has 2 aromatic carbocycles. The summed E-state index contributed by atoms with van der Waals surface area (Å²) >= 11 is 0. The number of ether oxygens (including phenoxy) is 2. The number of carbonyl (C=O) groups is 1. The van der Waals surface area contributed by atoms with E-state index >= 15 is 0 Å². The van der Waals surface area contributed by atoms with Crippen molar-refractivity contribution in [1.29, 1.82) is 0 Å². The quantitative estimate of drug-likeness (QED) is 0.550. The second-order valence-electron chi connectivity index (χ2n) is 6.52. The molecule has 2 aromatic rings. The van der Waals surface area contributed by atoms with Gasteiger partial charge in [0, 0.05) is 19.2 Å². The van der Waals surface area contributed by atoms with Gasteiger partial charge in [0.15, 0.2) is 0 Å². The van der Waals surface area contributed by atoms with Crippen LogP contribution in [0.2, 0.25) is 0 Å². The molecule has 0 unspecified atom stereocenters. The zero-order chi connectivity index (χ0) is 20.0. The zero-order valence-corrected chi connectivity index (χ0v) is 16.5. The third-order valence-electron chi connectivity index (χ3n) is 4.34. The lowest BCUT2D eigenvalue weighted by Gasteiger charge is -2.26. The topological polar surface area (TPSA) is 72.9 Å². The van der Waals surface area contributed by atoms with Gasteiger partial charge >= 0.3 is 5.97 Å². The van der Waals surface area contributed by atoms with E-state index in [4.69, 9.17) is 9.47 Å². The molecule has 1 aliphatic heterocycles. The Morgan fingerprint density at radius 1 is 1.14 bits per heavy atom. The van der Waals surface area contributed by atoms with Crippen LogP contribution in [-0.2, 0) is 30.9 Å². The van der Waals surface area contributed by atoms with E-state index in [2.05, 4.69) is 0 Å². The number of esters is 1. The van der Waals surface area contributed by atoms with Crippen LogP contribution in [0.1, 0.15) is 16.7 Å². The van der Waals surface area contributed by atoms with Gasteiger partial charge in [-0.15, -0.1) is 0 Å². The van der Waals surface area contributed by atoms with Crippen LogP contribution in [0.5, 0.6) is 0 Å². The summed E-state index contributed by atoms with van der Waals surface area (Å²) in [5.41, 5.74) is 2.64. The van der Waals surface area contributed by atoms with Crippen molar-refractivity contribution in [3.05, 3.63) is 71.3 Å². The van der Waals surface area contributed by atoms with E-state index in [0.29, 0.717) is 31.9 Å². The summed E-state index contributed by atoms with van der Waals surface area (Å²) in [6, 6.07) is 14.2. The highest BCUT2D eigenvalue weighted by atomic mass is 32.2. The molecule has 0 N–H and O–H groups in total. The van der Waals surface area contributed by atoms with Gasteiger partial charge in [-0.1, -0.05) is 42.0 Å². The Labute approximate surface area is 165 Å². The van der Waals surface area contributed by atoms with E-state index < -0.39 is 16.0 Å². The highest BCUT2D eigenvalue weighted by molar-refractivity contribution is 7.89. The van der Waals surface area contributed by atoms with E-state index in [1.165, 1.54) is 10.4 Å². The fraction of sp³-hybridized carbons (Fsp3) is 0.286. The Bertz CT molecular complexity index is 962. The number of hydrogen-bond acceptors (Lipinski definition) is 5. The third-order valence-corrected chi connectivity index (χ3v) is 6.24. The van der Waals surface area contributed by atoms with Crippen molar-refractivity contribution in [2.24, 2.45) is 0 Å². The first-order valence-corrected chi connectivity index (χ1v) is 10.5. The molecule has 0 amide bonds. The van der Waals surface area contributed by atoms with Gasteiger partial charge in [0.2, 0.25) is 10.0 Å². The minimum absolute atomic E-state index is 0.00343. The number of aryl methyl sites for hydroxylation is 1. The Morgan fingerprint density at radius 3 is 2.64 bits per heavy atom. The lowest BCUT2D eigenvalue weighted by Crippen LogP contribution is -2.40. The van der Waals surface area contributed by atoms with Gasteiger partial charge in [0.25, 0.3) is 0 Å². The van der Waals surface area contributed by atoms with E-state index in [1.807, 2.05) is 31.2 Å². The summed E-state index contributed by atoms with van der Waals surface area (Å²) in [7, 11) is -3.57.